The first-order chi connectivity index (χ1) is 9.40. The number of halogens is 1. The number of benzene rings is 1. The predicted octanol–water partition coefficient (Wildman–Crippen LogP) is 2.47. The Kier molecular flexibility index (Phi) is 4.42. The van der Waals surface area contributed by atoms with Crippen molar-refractivity contribution in [1.82, 2.24) is 9.71 Å². The van der Waals surface area contributed by atoms with Gasteiger partial charge in [-0.25, -0.2) is 13.1 Å². The smallest absolute Gasteiger partial charge is 0.241 e. The van der Waals surface area contributed by atoms with Gasteiger partial charge in [0.15, 0.2) is 0 Å². The van der Waals surface area contributed by atoms with Crippen LogP contribution in [0.15, 0.2) is 52.1 Å². The fourth-order valence-electron chi connectivity index (χ4n) is 1.70. The van der Waals surface area contributed by atoms with Crippen LogP contribution in [0.2, 0.25) is 0 Å². The molecule has 1 unspecified atom stereocenters. The molecule has 2 rings (SSSR count). The van der Waals surface area contributed by atoms with Gasteiger partial charge < -0.3 is 5.73 Å². The molecule has 0 aliphatic rings. The standard InChI is InChI=1S/C13H14BrN3O2S/c1-9(10-4-6-16-7-5-10)17-20(18,19)11-2-3-13(15)12(14)8-11/h2-9,17H,15H2,1H3. The molecule has 1 heterocycles. The van der Waals surface area contributed by atoms with Crippen LogP contribution in [-0.4, -0.2) is 13.4 Å². The monoisotopic (exact) mass is 355 g/mol. The van der Waals surface area contributed by atoms with E-state index in [0.717, 1.165) is 5.56 Å². The van der Waals surface area contributed by atoms with Crippen molar-refractivity contribution in [3.63, 3.8) is 0 Å². The van der Waals surface area contributed by atoms with E-state index in [1.165, 1.54) is 12.1 Å². The number of aromatic nitrogens is 1. The molecule has 1 aromatic heterocycles. The minimum absolute atomic E-state index is 0.166. The van der Waals surface area contributed by atoms with Crippen molar-refractivity contribution in [3.05, 3.63) is 52.8 Å². The quantitative estimate of drug-likeness (QED) is 0.825. The van der Waals surface area contributed by atoms with Crippen LogP contribution >= 0.6 is 15.9 Å². The summed E-state index contributed by atoms with van der Waals surface area (Å²) in [5, 5.41) is 0. The van der Waals surface area contributed by atoms with Crippen LogP contribution in [0.3, 0.4) is 0 Å². The number of nitrogen functional groups attached to an aromatic ring is 1. The lowest BCUT2D eigenvalue weighted by Gasteiger charge is -2.14. The summed E-state index contributed by atoms with van der Waals surface area (Å²) < 4.78 is 27.8. The Hall–Kier alpha value is -1.44. The maximum atomic E-state index is 12.3. The zero-order valence-corrected chi connectivity index (χ0v) is 13.1. The van der Waals surface area contributed by atoms with Crippen LogP contribution < -0.4 is 10.5 Å². The summed E-state index contributed by atoms with van der Waals surface area (Å²) in [6.45, 7) is 1.78. The van der Waals surface area contributed by atoms with E-state index in [1.807, 2.05) is 0 Å². The topological polar surface area (TPSA) is 85.1 Å². The minimum atomic E-state index is -3.60. The highest BCUT2D eigenvalue weighted by atomic mass is 79.9. The van der Waals surface area contributed by atoms with Crippen LogP contribution in [0.5, 0.6) is 0 Å². The van der Waals surface area contributed by atoms with Gasteiger partial charge >= 0.3 is 0 Å². The number of nitrogens with zero attached hydrogens (tertiary/aromatic N) is 1. The molecule has 0 aliphatic heterocycles. The largest absolute Gasteiger partial charge is 0.398 e. The number of pyridine rings is 1. The van der Waals surface area contributed by atoms with Crippen LogP contribution in [0.4, 0.5) is 5.69 Å². The van der Waals surface area contributed by atoms with Crippen LogP contribution in [0.1, 0.15) is 18.5 Å². The third kappa shape index (κ3) is 3.36. The molecule has 106 valence electrons. The molecule has 0 aliphatic carbocycles. The fourth-order valence-corrected chi connectivity index (χ4v) is 3.48. The Labute approximate surface area is 126 Å². The molecule has 0 saturated heterocycles. The van der Waals surface area contributed by atoms with Gasteiger partial charge in [-0.2, -0.15) is 0 Å². The summed E-state index contributed by atoms with van der Waals surface area (Å²) in [5.74, 6) is 0. The molecule has 3 N–H and O–H groups in total. The summed E-state index contributed by atoms with van der Waals surface area (Å²) in [6, 6.07) is 7.70. The van der Waals surface area contributed by atoms with E-state index in [2.05, 4.69) is 25.6 Å². The zero-order valence-electron chi connectivity index (χ0n) is 10.7. The fraction of sp³-hybridized carbons (Fsp3) is 0.154. The van der Waals surface area contributed by atoms with Crippen molar-refractivity contribution < 1.29 is 8.42 Å². The van der Waals surface area contributed by atoms with Gasteiger partial charge in [0.1, 0.15) is 0 Å². The Morgan fingerprint density at radius 2 is 1.90 bits per heavy atom. The van der Waals surface area contributed by atoms with Crippen LogP contribution in [-0.2, 0) is 10.0 Å². The molecule has 0 amide bonds. The summed E-state index contributed by atoms with van der Waals surface area (Å²) in [5.41, 5.74) is 6.99. The first-order valence-corrected chi connectivity index (χ1v) is 8.15. The van der Waals surface area contributed by atoms with E-state index >= 15 is 0 Å². The number of nitrogens with one attached hydrogen (secondary N) is 1. The maximum absolute atomic E-state index is 12.3. The van der Waals surface area contributed by atoms with Gasteiger partial charge in [-0.3, -0.25) is 4.98 Å². The molecule has 0 radical (unpaired) electrons. The molecule has 5 nitrogen and oxygen atoms in total. The molecule has 0 fully saturated rings. The second-order valence-electron chi connectivity index (χ2n) is 4.31. The molecular weight excluding hydrogens is 342 g/mol. The van der Waals surface area contributed by atoms with Gasteiger partial charge in [0.25, 0.3) is 0 Å². The highest BCUT2D eigenvalue weighted by molar-refractivity contribution is 9.10. The van der Waals surface area contributed by atoms with Gasteiger partial charge in [0.2, 0.25) is 10.0 Å². The summed E-state index contributed by atoms with van der Waals surface area (Å²) in [7, 11) is -3.60. The summed E-state index contributed by atoms with van der Waals surface area (Å²) >= 11 is 3.22. The Bertz CT molecular complexity index is 705. The lowest BCUT2D eigenvalue weighted by Crippen LogP contribution is -2.26. The highest BCUT2D eigenvalue weighted by Crippen LogP contribution is 2.24. The van der Waals surface area contributed by atoms with E-state index in [0.29, 0.717) is 10.2 Å². The molecule has 1 aromatic carbocycles. The Morgan fingerprint density at radius 1 is 1.25 bits per heavy atom. The van der Waals surface area contributed by atoms with Crippen molar-refractivity contribution in [2.45, 2.75) is 17.9 Å². The lowest BCUT2D eigenvalue weighted by molar-refractivity contribution is 0.567. The Balaban J connectivity index is 2.25. The molecule has 2 aromatic rings. The van der Waals surface area contributed by atoms with Crippen molar-refractivity contribution in [3.8, 4) is 0 Å². The predicted molar refractivity (Wildman–Crippen MR) is 81.5 cm³/mol. The molecule has 0 saturated carbocycles. The maximum Gasteiger partial charge on any atom is 0.241 e. The molecule has 1 atom stereocenters. The zero-order chi connectivity index (χ0) is 14.8. The van der Waals surface area contributed by atoms with Crippen LogP contribution in [0.25, 0.3) is 0 Å². The van der Waals surface area contributed by atoms with E-state index in [4.69, 9.17) is 5.73 Å². The van der Waals surface area contributed by atoms with Crippen LogP contribution in [0, 0.1) is 0 Å². The van der Waals surface area contributed by atoms with Crippen molar-refractivity contribution in [2.24, 2.45) is 0 Å². The number of hydrogen-bond donors (Lipinski definition) is 2. The van der Waals surface area contributed by atoms with Crippen molar-refractivity contribution >= 4 is 31.6 Å². The third-order valence-corrected chi connectivity index (χ3v) is 5.05. The molecule has 0 spiro atoms. The SMILES string of the molecule is CC(NS(=O)(=O)c1ccc(N)c(Br)c1)c1ccncc1. The van der Waals surface area contributed by atoms with Gasteiger partial charge in [0, 0.05) is 28.6 Å². The molecule has 0 bridgehead atoms. The number of rotatable bonds is 4. The van der Waals surface area contributed by atoms with Gasteiger partial charge in [-0.1, -0.05) is 0 Å². The van der Waals surface area contributed by atoms with E-state index in [9.17, 15) is 8.42 Å². The van der Waals surface area contributed by atoms with E-state index in [-0.39, 0.29) is 10.9 Å². The van der Waals surface area contributed by atoms with E-state index in [1.54, 1.807) is 37.5 Å². The van der Waals surface area contributed by atoms with Gasteiger partial charge in [-0.05, 0) is 58.7 Å². The average molecular weight is 356 g/mol. The van der Waals surface area contributed by atoms with Crippen molar-refractivity contribution in [1.29, 1.82) is 0 Å². The second-order valence-corrected chi connectivity index (χ2v) is 6.88. The first-order valence-electron chi connectivity index (χ1n) is 5.87. The molecular formula is C13H14BrN3O2S. The average Bonchev–Trinajstić information content (AvgIpc) is 2.42. The summed E-state index contributed by atoms with van der Waals surface area (Å²) in [4.78, 5) is 4.07. The highest BCUT2D eigenvalue weighted by Gasteiger charge is 2.19. The molecule has 20 heavy (non-hydrogen) atoms. The normalized spacial score (nSPS) is 13.1. The summed E-state index contributed by atoms with van der Waals surface area (Å²) in [6.07, 6.45) is 3.25. The van der Waals surface area contributed by atoms with Gasteiger partial charge in [0.05, 0.1) is 4.90 Å². The minimum Gasteiger partial charge on any atom is -0.398 e. The first kappa shape index (κ1) is 15.0. The Morgan fingerprint density at radius 3 is 2.50 bits per heavy atom. The van der Waals surface area contributed by atoms with E-state index < -0.39 is 10.0 Å². The number of hydrogen-bond acceptors (Lipinski definition) is 4. The third-order valence-electron chi connectivity index (χ3n) is 2.82. The number of nitrogens with two attached hydrogens (primary N) is 1. The lowest BCUT2D eigenvalue weighted by atomic mass is 10.1. The number of sulfonamides is 1. The second kappa shape index (κ2) is 5.90. The van der Waals surface area contributed by atoms with Gasteiger partial charge in [-0.15, -0.1) is 0 Å². The van der Waals surface area contributed by atoms with Crippen molar-refractivity contribution in [2.75, 3.05) is 5.73 Å². The number of anilines is 1. The molecule has 7 heteroatoms.